The Balaban J connectivity index is 1.92. The number of carboxylic acid groups (broad SMARTS) is 1. The van der Waals surface area contributed by atoms with E-state index < -0.39 is 5.97 Å². The van der Waals surface area contributed by atoms with Gasteiger partial charge in [-0.1, -0.05) is 33.1 Å². The third-order valence-corrected chi connectivity index (χ3v) is 4.82. The highest BCUT2D eigenvalue weighted by atomic mass is 16.4. The van der Waals surface area contributed by atoms with Crippen LogP contribution in [0.25, 0.3) is 0 Å². The first kappa shape index (κ1) is 14.4. The van der Waals surface area contributed by atoms with Gasteiger partial charge in [0.05, 0.1) is 6.42 Å². The number of nitrogens with one attached hydrogen (secondary N) is 1. The van der Waals surface area contributed by atoms with Crippen molar-refractivity contribution in [1.29, 1.82) is 0 Å². The van der Waals surface area contributed by atoms with Crippen LogP contribution in [0.5, 0.6) is 0 Å². The van der Waals surface area contributed by atoms with Crippen LogP contribution in [0.4, 0.5) is 0 Å². The summed E-state index contributed by atoms with van der Waals surface area (Å²) in [5, 5.41) is 12.1. The van der Waals surface area contributed by atoms with Gasteiger partial charge in [-0.15, -0.1) is 0 Å². The molecule has 108 valence electrons. The van der Waals surface area contributed by atoms with E-state index in [9.17, 15) is 9.59 Å². The van der Waals surface area contributed by atoms with E-state index >= 15 is 0 Å². The summed E-state index contributed by atoms with van der Waals surface area (Å²) in [5.41, 5.74) is -0.0740. The lowest BCUT2D eigenvalue weighted by molar-refractivity contribution is -0.141. The van der Waals surface area contributed by atoms with E-state index in [1.54, 1.807) is 0 Å². The molecule has 2 fully saturated rings. The number of hydrogen-bond donors (Lipinski definition) is 2. The van der Waals surface area contributed by atoms with Crippen LogP contribution >= 0.6 is 0 Å². The summed E-state index contributed by atoms with van der Waals surface area (Å²) in [7, 11) is 0. The predicted octanol–water partition coefficient (Wildman–Crippen LogP) is 2.72. The molecule has 0 aromatic rings. The Bertz CT molecular complexity index is 370. The summed E-state index contributed by atoms with van der Waals surface area (Å²) in [4.78, 5) is 23.2. The van der Waals surface area contributed by atoms with E-state index in [0.29, 0.717) is 6.42 Å². The Kier molecular flexibility index (Phi) is 3.88. The molecule has 0 aromatic carbocycles. The number of carbonyl (C=O) groups is 2. The molecule has 1 atom stereocenters. The molecule has 2 rings (SSSR count). The van der Waals surface area contributed by atoms with Gasteiger partial charge in [0.2, 0.25) is 5.91 Å². The molecule has 0 radical (unpaired) electrons. The fraction of sp³-hybridized carbons (Fsp3) is 0.867. The highest BCUT2D eigenvalue weighted by Gasteiger charge is 2.47. The van der Waals surface area contributed by atoms with Crippen molar-refractivity contribution >= 4 is 11.9 Å². The van der Waals surface area contributed by atoms with Crippen LogP contribution in [-0.2, 0) is 9.59 Å². The fourth-order valence-corrected chi connectivity index (χ4v) is 3.34. The Morgan fingerprint density at radius 2 is 1.74 bits per heavy atom. The van der Waals surface area contributed by atoms with Gasteiger partial charge in [-0.25, -0.2) is 0 Å². The summed E-state index contributed by atoms with van der Waals surface area (Å²) < 4.78 is 0. The summed E-state index contributed by atoms with van der Waals surface area (Å²) in [5.74, 6) is -0.736. The maximum absolute atomic E-state index is 12.1. The Morgan fingerprint density at radius 3 is 2.21 bits per heavy atom. The van der Waals surface area contributed by atoms with Crippen molar-refractivity contribution in [3.63, 3.8) is 0 Å². The van der Waals surface area contributed by atoms with Crippen LogP contribution in [0.1, 0.15) is 65.2 Å². The Hall–Kier alpha value is -1.06. The second kappa shape index (κ2) is 5.14. The maximum atomic E-state index is 12.1. The van der Waals surface area contributed by atoms with Crippen LogP contribution in [-0.4, -0.2) is 23.0 Å². The number of carboxylic acids is 1. The van der Waals surface area contributed by atoms with Crippen molar-refractivity contribution in [2.24, 2.45) is 10.8 Å². The van der Waals surface area contributed by atoms with Crippen LogP contribution in [0.15, 0.2) is 0 Å². The second-order valence-corrected chi connectivity index (χ2v) is 7.12. The molecule has 2 aliphatic carbocycles. The number of aliphatic carboxylic acids is 1. The molecule has 1 unspecified atom stereocenters. The van der Waals surface area contributed by atoms with Gasteiger partial charge in [-0.05, 0) is 30.1 Å². The summed E-state index contributed by atoms with van der Waals surface area (Å²) in [6, 6.07) is 0.283. The van der Waals surface area contributed by atoms with Crippen LogP contribution in [0, 0.1) is 10.8 Å². The van der Waals surface area contributed by atoms with Gasteiger partial charge in [-0.3, -0.25) is 9.59 Å². The van der Waals surface area contributed by atoms with E-state index in [1.807, 2.05) is 0 Å². The molecule has 19 heavy (non-hydrogen) atoms. The van der Waals surface area contributed by atoms with Crippen molar-refractivity contribution in [3.05, 3.63) is 0 Å². The lowest BCUT2D eigenvalue weighted by atomic mass is 9.69. The van der Waals surface area contributed by atoms with Gasteiger partial charge in [0.25, 0.3) is 0 Å². The van der Waals surface area contributed by atoms with Gasteiger partial charge in [-0.2, -0.15) is 0 Å². The fourth-order valence-electron chi connectivity index (χ4n) is 3.34. The zero-order valence-electron chi connectivity index (χ0n) is 12.0. The summed E-state index contributed by atoms with van der Waals surface area (Å²) in [6.45, 7) is 4.29. The number of rotatable bonds is 5. The van der Waals surface area contributed by atoms with Gasteiger partial charge in [0.1, 0.15) is 0 Å². The van der Waals surface area contributed by atoms with Crippen molar-refractivity contribution in [2.75, 3.05) is 0 Å². The van der Waals surface area contributed by atoms with Crippen molar-refractivity contribution in [1.82, 2.24) is 5.32 Å². The van der Waals surface area contributed by atoms with E-state index in [2.05, 4.69) is 19.2 Å². The number of carbonyl (C=O) groups excluding carboxylic acids is 1. The summed E-state index contributed by atoms with van der Waals surface area (Å²) >= 11 is 0. The highest BCUT2D eigenvalue weighted by Crippen LogP contribution is 2.46. The SMILES string of the molecule is CC1(C)CC1NC(=O)CC1(CC(=O)O)CCCCC1. The molecule has 0 saturated heterocycles. The minimum absolute atomic E-state index is 0.0405. The molecule has 1 amide bonds. The molecule has 0 bridgehead atoms. The van der Waals surface area contributed by atoms with Crippen molar-refractivity contribution < 1.29 is 14.7 Å². The molecule has 2 N–H and O–H groups in total. The number of amides is 1. The van der Waals surface area contributed by atoms with Crippen LogP contribution in [0.3, 0.4) is 0 Å². The monoisotopic (exact) mass is 267 g/mol. The van der Waals surface area contributed by atoms with Crippen LogP contribution < -0.4 is 5.32 Å². The molecular formula is C15H25NO3. The topological polar surface area (TPSA) is 66.4 Å². The Morgan fingerprint density at radius 1 is 1.16 bits per heavy atom. The Labute approximate surface area is 115 Å². The maximum Gasteiger partial charge on any atom is 0.303 e. The highest BCUT2D eigenvalue weighted by molar-refractivity contribution is 5.78. The summed E-state index contributed by atoms with van der Waals surface area (Å²) in [6.07, 6.45) is 6.57. The zero-order valence-corrected chi connectivity index (χ0v) is 12.0. The molecule has 0 aromatic heterocycles. The second-order valence-electron chi connectivity index (χ2n) is 7.12. The predicted molar refractivity (Wildman–Crippen MR) is 72.7 cm³/mol. The lowest BCUT2D eigenvalue weighted by Gasteiger charge is -2.35. The van der Waals surface area contributed by atoms with Crippen LogP contribution in [0.2, 0.25) is 0 Å². The van der Waals surface area contributed by atoms with Gasteiger partial charge in [0, 0.05) is 12.5 Å². The molecule has 2 saturated carbocycles. The largest absolute Gasteiger partial charge is 0.481 e. The molecule has 0 aliphatic heterocycles. The zero-order chi connectivity index (χ0) is 14.1. The minimum Gasteiger partial charge on any atom is -0.481 e. The smallest absolute Gasteiger partial charge is 0.303 e. The molecule has 0 spiro atoms. The van der Waals surface area contributed by atoms with Gasteiger partial charge in [0.15, 0.2) is 0 Å². The third kappa shape index (κ3) is 3.71. The first-order chi connectivity index (χ1) is 8.83. The van der Waals surface area contributed by atoms with E-state index in [0.717, 1.165) is 32.1 Å². The molecule has 0 heterocycles. The molecule has 2 aliphatic rings. The third-order valence-electron chi connectivity index (χ3n) is 4.82. The van der Waals surface area contributed by atoms with E-state index in [1.165, 1.54) is 6.42 Å². The van der Waals surface area contributed by atoms with E-state index in [4.69, 9.17) is 5.11 Å². The molecule has 4 heteroatoms. The van der Waals surface area contributed by atoms with Crippen molar-refractivity contribution in [3.8, 4) is 0 Å². The lowest BCUT2D eigenvalue weighted by Crippen LogP contribution is -2.36. The number of hydrogen-bond acceptors (Lipinski definition) is 2. The molecule has 4 nitrogen and oxygen atoms in total. The quantitative estimate of drug-likeness (QED) is 0.805. The van der Waals surface area contributed by atoms with E-state index in [-0.39, 0.29) is 29.2 Å². The van der Waals surface area contributed by atoms with Crippen molar-refractivity contribution in [2.45, 2.75) is 71.3 Å². The normalized spacial score (nSPS) is 27.6. The van der Waals surface area contributed by atoms with Gasteiger partial charge >= 0.3 is 5.97 Å². The molecular weight excluding hydrogens is 242 g/mol. The standard InChI is InChI=1S/C15H25NO3/c1-14(2)8-11(14)16-12(17)9-15(10-13(18)19)6-4-3-5-7-15/h11H,3-10H2,1-2H3,(H,16,17)(H,18,19). The average Bonchev–Trinajstić information content (AvgIpc) is 2.84. The first-order valence-corrected chi connectivity index (χ1v) is 7.34. The minimum atomic E-state index is -0.776. The van der Waals surface area contributed by atoms with Gasteiger partial charge < -0.3 is 10.4 Å². The average molecular weight is 267 g/mol. The first-order valence-electron chi connectivity index (χ1n) is 7.34.